The van der Waals surface area contributed by atoms with Gasteiger partial charge in [-0.05, 0) is 55.3 Å². The third-order valence-electron chi connectivity index (χ3n) is 4.36. The number of benzene rings is 2. The van der Waals surface area contributed by atoms with Crippen LogP contribution in [0.2, 0.25) is 0 Å². The van der Waals surface area contributed by atoms with Gasteiger partial charge >= 0.3 is 5.97 Å². The normalized spacial score (nSPS) is 13.2. The predicted molar refractivity (Wildman–Crippen MR) is 93.6 cm³/mol. The van der Waals surface area contributed by atoms with E-state index in [0.29, 0.717) is 10.6 Å². The second-order valence-corrected chi connectivity index (χ2v) is 6.17. The van der Waals surface area contributed by atoms with Gasteiger partial charge in [-0.3, -0.25) is 14.6 Å². The molecule has 1 aromatic heterocycles. The minimum atomic E-state index is -0.800. The van der Waals surface area contributed by atoms with Crippen molar-refractivity contribution < 1.29 is 19.2 Å². The van der Waals surface area contributed by atoms with Crippen LogP contribution in [0.5, 0.6) is 0 Å². The van der Waals surface area contributed by atoms with Crippen molar-refractivity contribution in [3.8, 4) is 0 Å². The van der Waals surface area contributed by atoms with Crippen LogP contribution in [0.3, 0.4) is 0 Å². The van der Waals surface area contributed by atoms with Crippen molar-refractivity contribution in [2.75, 3.05) is 0 Å². The lowest BCUT2D eigenvalue weighted by molar-refractivity contribution is -0.0583. The summed E-state index contributed by atoms with van der Waals surface area (Å²) in [5, 5.41) is 1.33. The Morgan fingerprint density at radius 1 is 1.00 bits per heavy atom. The van der Waals surface area contributed by atoms with Gasteiger partial charge in [0.25, 0.3) is 11.8 Å². The zero-order chi connectivity index (χ0) is 18.4. The lowest BCUT2D eigenvalue weighted by atomic mass is 10.0. The van der Waals surface area contributed by atoms with Gasteiger partial charge in [-0.25, -0.2) is 4.79 Å². The van der Waals surface area contributed by atoms with Crippen molar-refractivity contribution in [1.82, 2.24) is 10.0 Å². The van der Waals surface area contributed by atoms with Crippen molar-refractivity contribution in [1.29, 1.82) is 0 Å². The molecule has 0 aliphatic carbocycles. The molecule has 26 heavy (non-hydrogen) atoms. The topological polar surface area (TPSA) is 76.6 Å². The fourth-order valence-electron chi connectivity index (χ4n) is 3.07. The molecule has 0 saturated carbocycles. The maximum Gasteiger partial charge on any atom is 0.366 e. The summed E-state index contributed by atoms with van der Waals surface area (Å²) in [5.74, 6) is -2.11. The van der Waals surface area contributed by atoms with Gasteiger partial charge in [0.05, 0.1) is 22.2 Å². The van der Waals surface area contributed by atoms with Gasteiger partial charge in [0.2, 0.25) is 0 Å². The number of nitrogens with zero attached hydrogens (tertiary/aromatic N) is 2. The van der Waals surface area contributed by atoms with Gasteiger partial charge in [0.1, 0.15) is 0 Å². The van der Waals surface area contributed by atoms with Gasteiger partial charge in [-0.2, -0.15) is 0 Å². The van der Waals surface area contributed by atoms with E-state index in [-0.39, 0.29) is 16.7 Å². The van der Waals surface area contributed by atoms with Crippen molar-refractivity contribution in [3.63, 3.8) is 0 Å². The number of amides is 2. The Balaban J connectivity index is 1.73. The van der Waals surface area contributed by atoms with E-state index in [2.05, 4.69) is 4.98 Å². The molecule has 0 bridgehead atoms. The summed E-state index contributed by atoms with van der Waals surface area (Å²) >= 11 is 0. The second-order valence-electron chi connectivity index (χ2n) is 6.17. The number of rotatable bonds is 2. The first-order valence-corrected chi connectivity index (χ1v) is 8.03. The van der Waals surface area contributed by atoms with Crippen LogP contribution in [0.4, 0.5) is 0 Å². The van der Waals surface area contributed by atoms with Crippen LogP contribution in [0.25, 0.3) is 10.9 Å². The van der Waals surface area contributed by atoms with E-state index in [1.807, 2.05) is 26.0 Å². The van der Waals surface area contributed by atoms with Crippen LogP contribution < -0.4 is 0 Å². The standard InChI is InChI=1S/C20H14N2O4/c1-11-9-15-12(2)7-8-21-17(15)16(10-11)20(25)26-22-18(23)13-5-3-4-6-14(13)19(22)24/h3-10H,1-2H3. The summed E-state index contributed by atoms with van der Waals surface area (Å²) in [4.78, 5) is 46.9. The van der Waals surface area contributed by atoms with E-state index in [0.717, 1.165) is 16.5 Å². The fourth-order valence-corrected chi connectivity index (χ4v) is 3.07. The highest BCUT2D eigenvalue weighted by molar-refractivity contribution is 6.21. The molecule has 2 amide bonds. The Morgan fingerprint density at radius 3 is 2.31 bits per heavy atom. The van der Waals surface area contributed by atoms with Crippen LogP contribution >= 0.6 is 0 Å². The van der Waals surface area contributed by atoms with Crippen LogP contribution in [0.1, 0.15) is 42.2 Å². The molecule has 128 valence electrons. The second kappa shape index (κ2) is 5.77. The summed E-state index contributed by atoms with van der Waals surface area (Å²) in [5.41, 5.74) is 2.93. The Hall–Kier alpha value is -3.54. The largest absolute Gasteiger partial charge is 0.366 e. The Kier molecular flexibility index (Phi) is 3.54. The molecule has 6 heteroatoms. The molecular weight excluding hydrogens is 332 g/mol. The fraction of sp³-hybridized carbons (Fsp3) is 0.100. The molecule has 2 heterocycles. The monoisotopic (exact) mass is 346 g/mol. The molecule has 4 rings (SSSR count). The van der Waals surface area contributed by atoms with Crippen molar-refractivity contribution in [2.45, 2.75) is 13.8 Å². The molecule has 0 spiro atoms. The molecule has 0 saturated heterocycles. The summed E-state index contributed by atoms with van der Waals surface area (Å²) in [6.07, 6.45) is 1.60. The van der Waals surface area contributed by atoms with Gasteiger partial charge < -0.3 is 4.84 Å². The molecule has 1 aliphatic heterocycles. The Labute approximate surface area is 149 Å². The van der Waals surface area contributed by atoms with Crippen molar-refractivity contribution in [3.05, 3.63) is 76.5 Å². The Morgan fingerprint density at radius 2 is 1.65 bits per heavy atom. The highest BCUT2D eigenvalue weighted by atomic mass is 16.7. The number of carbonyl (C=O) groups is 3. The minimum Gasteiger partial charge on any atom is -0.324 e. The number of carbonyl (C=O) groups excluding carboxylic acids is 3. The van der Waals surface area contributed by atoms with Crippen molar-refractivity contribution >= 4 is 28.7 Å². The molecular formula is C20H14N2O4. The van der Waals surface area contributed by atoms with Gasteiger partial charge in [-0.1, -0.05) is 17.2 Å². The van der Waals surface area contributed by atoms with Crippen LogP contribution in [-0.4, -0.2) is 27.8 Å². The van der Waals surface area contributed by atoms with Crippen LogP contribution in [0, 0.1) is 13.8 Å². The summed E-state index contributed by atoms with van der Waals surface area (Å²) < 4.78 is 0. The summed E-state index contributed by atoms with van der Waals surface area (Å²) in [7, 11) is 0. The van der Waals surface area contributed by atoms with Crippen LogP contribution in [0.15, 0.2) is 48.7 Å². The maximum absolute atomic E-state index is 12.7. The molecule has 0 N–H and O–H groups in total. The first kappa shape index (κ1) is 16.0. The summed E-state index contributed by atoms with van der Waals surface area (Å²) in [6.45, 7) is 3.77. The zero-order valence-corrected chi connectivity index (χ0v) is 14.1. The first-order valence-electron chi connectivity index (χ1n) is 8.03. The quantitative estimate of drug-likeness (QED) is 0.666. The van der Waals surface area contributed by atoms with E-state index < -0.39 is 17.8 Å². The van der Waals surface area contributed by atoms with Crippen LogP contribution in [-0.2, 0) is 4.84 Å². The number of aromatic nitrogens is 1. The highest BCUT2D eigenvalue weighted by Gasteiger charge is 2.39. The number of pyridine rings is 1. The number of hydrogen-bond acceptors (Lipinski definition) is 5. The Bertz CT molecular complexity index is 1070. The molecule has 2 aromatic carbocycles. The SMILES string of the molecule is Cc1cc(C(=O)ON2C(=O)c3ccccc3C2=O)c2nccc(C)c2c1. The molecule has 0 radical (unpaired) electrons. The van der Waals surface area contributed by atoms with Gasteiger partial charge in [0, 0.05) is 11.6 Å². The van der Waals surface area contributed by atoms with Gasteiger partial charge in [0.15, 0.2) is 0 Å². The third kappa shape index (κ3) is 2.35. The zero-order valence-electron chi connectivity index (χ0n) is 14.1. The highest BCUT2D eigenvalue weighted by Crippen LogP contribution is 2.26. The van der Waals surface area contributed by atoms with Crippen molar-refractivity contribution in [2.24, 2.45) is 0 Å². The van der Waals surface area contributed by atoms with E-state index in [1.165, 1.54) is 12.1 Å². The number of imide groups is 1. The average Bonchev–Trinajstić information content (AvgIpc) is 2.87. The number of fused-ring (bicyclic) bond motifs is 2. The van der Waals surface area contributed by atoms with E-state index in [1.54, 1.807) is 24.4 Å². The minimum absolute atomic E-state index is 0.209. The number of hydrogen-bond donors (Lipinski definition) is 0. The third-order valence-corrected chi connectivity index (χ3v) is 4.36. The smallest absolute Gasteiger partial charge is 0.324 e. The first-order chi connectivity index (χ1) is 12.5. The van der Waals surface area contributed by atoms with Gasteiger partial charge in [-0.15, -0.1) is 0 Å². The molecule has 6 nitrogen and oxygen atoms in total. The molecule has 3 aromatic rings. The van der Waals surface area contributed by atoms with E-state index >= 15 is 0 Å². The molecule has 0 fully saturated rings. The maximum atomic E-state index is 12.7. The lowest BCUT2D eigenvalue weighted by Crippen LogP contribution is -2.32. The number of hydroxylamine groups is 2. The molecule has 0 atom stereocenters. The number of aryl methyl sites for hydroxylation is 2. The molecule has 1 aliphatic rings. The average molecular weight is 346 g/mol. The predicted octanol–water partition coefficient (Wildman–Crippen LogP) is 3.22. The summed E-state index contributed by atoms with van der Waals surface area (Å²) in [6, 6.07) is 11.8. The lowest BCUT2D eigenvalue weighted by Gasteiger charge is -2.14. The van der Waals surface area contributed by atoms with E-state index in [9.17, 15) is 14.4 Å². The molecule has 0 unspecified atom stereocenters. The van der Waals surface area contributed by atoms with E-state index in [4.69, 9.17) is 4.84 Å².